The summed E-state index contributed by atoms with van der Waals surface area (Å²) in [6, 6.07) is 2.47. The van der Waals surface area contributed by atoms with Crippen molar-refractivity contribution in [3.63, 3.8) is 0 Å². The largest absolute Gasteiger partial charge is 0.391 e. The Morgan fingerprint density at radius 1 is 1.05 bits per heavy atom. The lowest BCUT2D eigenvalue weighted by atomic mass is 9.81. The SMILES string of the molecule is Cl.N[C@H](c1cc(F)cc(F)c1)[C@@H](O)C1CCCCC1. The molecule has 0 aliphatic heterocycles. The van der Waals surface area contributed by atoms with E-state index in [-0.39, 0.29) is 18.3 Å². The first-order chi connectivity index (χ1) is 8.58. The van der Waals surface area contributed by atoms with Gasteiger partial charge in [0.2, 0.25) is 0 Å². The van der Waals surface area contributed by atoms with E-state index in [2.05, 4.69) is 0 Å². The van der Waals surface area contributed by atoms with E-state index in [1.165, 1.54) is 18.6 Å². The van der Waals surface area contributed by atoms with E-state index in [0.717, 1.165) is 31.7 Å². The van der Waals surface area contributed by atoms with Gasteiger partial charge in [0.1, 0.15) is 11.6 Å². The first-order valence-corrected chi connectivity index (χ1v) is 6.47. The van der Waals surface area contributed by atoms with E-state index in [9.17, 15) is 13.9 Å². The van der Waals surface area contributed by atoms with Crippen molar-refractivity contribution >= 4 is 12.4 Å². The molecular weight excluding hydrogens is 272 g/mol. The number of nitrogens with two attached hydrogens (primary N) is 1. The van der Waals surface area contributed by atoms with Crippen LogP contribution >= 0.6 is 12.4 Å². The van der Waals surface area contributed by atoms with Crippen LogP contribution < -0.4 is 5.73 Å². The molecule has 0 aromatic heterocycles. The normalized spacial score (nSPS) is 19.6. The van der Waals surface area contributed by atoms with E-state index in [1.807, 2.05) is 0 Å². The molecule has 1 aliphatic carbocycles. The molecule has 1 aliphatic rings. The van der Waals surface area contributed by atoms with Gasteiger partial charge in [-0.25, -0.2) is 8.78 Å². The zero-order valence-corrected chi connectivity index (χ0v) is 11.5. The van der Waals surface area contributed by atoms with Gasteiger partial charge in [-0.1, -0.05) is 19.3 Å². The van der Waals surface area contributed by atoms with Gasteiger partial charge in [-0.15, -0.1) is 12.4 Å². The lowest BCUT2D eigenvalue weighted by molar-refractivity contribution is 0.0616. The summed E-state index contributed by atoms with van der Waals surface area (Å²) in [5, 5.41) is 10.2. The van der Waals surface area contributed by atoms with E-state index in [4.69, 9.17) is 5.73 Å². The highest BCUT2D eigenvalue weighted by molar-refractivity contribution is 5.85. The highest BCUT2D eigenvalue weighted by Crippen LogP contribution is 2.31. The molecule has 0 bridgehead atoms. The van der Waals surface area contributed by atoms with Crippen LogP contribution in [0.1, 0.15) is 43.7 Å². The van der Waals surface area contributed by atoms with Gasteiger partial charge in [0.25, 0.3) is 0 Å². The van der Waals surface area contributed by atoms with Crippen molar-refractivity contribution < 1.29 is 13.9 Å². The minimum atomic E-state index is -0.730. The van der Waals surface area contributed by atoms with Crippen LogP contribution in [0.4, 0.5) is 8.78 Å². The number of benzene rings is 1. The van der Waals surface area contributed by atoms with Crippen molar-refractivity contribution in [2.24, 2.45) is 11.7 Å². The molecule has 0 heterocycles. The maximum absolute atomic E-state index is 13.1. The molecule has 2 nitrogen and oxygen atoms in total. The van der Waals surface area contributed by atoms with Gasteiger partial charge in [0, 0.05) is 6.07 Å². The molecule has 3 N–H and O–H groups in total. The third-order valence-electron chi connectivity index (χ3n) is 3.77. The summed E-state index contributed by atoms with van der Waals surface area (Å²) < 4.78 is 26.2. The summed E-state index contributed by atoms with van der Waals surface area (Å²) in [6.07, 6.45) is 4.51. The van der Waals surface area contributed by atoms with Gasteiger partial charge in [-0.2, -0.15) is 0 Å². The molecule has 0 radical (unpaired) electrons. The van der Waals surface area contributed by atoms with Crippen molar-refractivity contribution in [3.8, 4) is 0 Å². The first-order valence-electron chi connectivity index (χ1n) is 6.47. The molecule has 2 atom stereocenters. The fourth-order valence-electron chi connectivity index (χ4n) is 2.73. The fourth-order valence-corrected chi connectivity index (χ4v) is 2.73. The molecular formula is C14H20ClF2NO. The van der Waals surface area contributed by atoms with E-state index >= 15 is 0 Å². The van der Waals surface area contributed by atoms with Crippen molar-refractivity contribution in [1.29, 1.82) is 0 Å². The lowest BCUT2D eigenvalue weighted by Gasteiger charge is -2.30. The molecule has 0 spiro atoms. The molecule has 0 unspecified atom stereocenters. The zero-order valence-electron chi connectivity index (χ0n) is 10.7. The minimum Gasteiger partial charge on any atom is -0.391 e. The molecule has 5 heteroatoms. The maximum atomic E-state index is 13.1. The van der Waals surface area contributed by atoms with Crippen LogP contribution in [0.15, 0.2) is 18.2 Å². The number of halogens is 3. The number of hydrogen-bond donors (Lipinski definition) is 2. The van der Waals surface area contributed by atoms with Crippen molar-refractivity contribution in [1.82, 2.24) is 0 Å². The van der Waals surface area contributed by atoms with Gasteiger partial charge in [-0.05, 0) is 36.5 Å². The highest BCUT2D eigenvalue weighted by Gasteiger charge is 2.28. The maximum Gasteiger partial charge on any atom is 0.126 e. The Balaban J connectivity index is 0.00000180. The van der Waals surface area contributed by atoms with Gasteiger partial charge in [-0.3, -0.25) is 0 Å². The van der Waals surface area contributed by atoms with Gasteiger partial charge < -0.3 is 10.8 Å². The van der Waals surface area contributed by atoms with E-state index < -0.39 is 23.8 Å². The minimum absolute atomic E-state index is 0. The number of rotatable bonds is 3. The summed E-state index contributed by atoms with van der Waals surface area (Å²) in [5.74, 6) is -1.17. The van der Waals surface area contributed by atoms with Crippen LogP contribution in [-0.2, 0) is 0 Å². The van der Waals surface area contributed by atoms with Crippen LogP contribution in [0.3, 0.4) is 0 Å². The predicted octanol–water partition coefficient (Wildman–Crippen LogP) is 3.33. The topological polar surface area (TPSA) is 46.2 Å². The summed E-state index contributed by atoms with van der Waals surface area (Å²) in [5.41, 5.74) is 6.25. The number of aliphatic hydroxyl groups is 1. The third-order valence-corrected chi connectivity index (χ3v) is 3.77. The van der Waals surface area contributed by atoms with Gasteiger partial charge in [0.05, 0.1) is 12.1 Å². The highest BCUT2D eigenvalue weighted by atomic mass is 35.5. The second kappa shape index (κ2) is 7.17. The fraction of sp³-hybridized carbons (Fsp3) is 0.571. The summed E-state index contributed by atoms with van der Waals surface area (Å²) in [6.45, 7) is 0. The Hall–Kier alpha value is -0.710. The standard InChI is InChI=1S/C14H19F2NO.ClH/c15-11-6-10(7-12(16)8-11)13(17)14(18)9-4-2-1-3-5-9;/h6-9,13-14,18H,1-5,17H2;1H/t13-,14+;/m1./s1. The molecule has 1 fully saturated rings. The Morgan fingerprint density at radius 3 is 2.11 bits per heavy atom. The molecule has 0 amide bonds. The van der Waals surface area contributed by atoms with E-state index in [0.29, 0.717) is 5.56 Å². The van der Waals surface area contributed by atoms with Crippen LogP contribution in [0.2, 0.25) is 0 Å². The Labute approximate surface area is 118 Å². The van der Waals surface area contributed by atoms with E-state index in [1.54, 1.807) is 0 Å². The molecule has 108 valence electrons. The van der Waals surface area contributed by atoms with Crippen LogP contribution in [0.25, 0.3) is 0 Å². The van der Waals surface area contributed by atoms with Crippen LogP contribution in [-0.4, -0.2) is 11.2 Å². The Bertz CT molecular complexity index is 390. The molecule has 1 aromatic rings. The monoisotopic (exact) mass is 291 g/mol. The van der Waals surface area contributed by atoms with Crippen LogP contribution in [0, 0.1) is 17.6 Å². The van der Waals surface area contributed by atoms with Crippen molar-refractivity contribution in [2.45, 2.75) is 44.2 Å². The predicted molar refractivity (Wildman–Crippen MR) is 73.1 cm³/mol. The molecule has 1 aromatic carbocycles. The second-order valence-corrected chi connectivity index (χ2v) is 5.12. The number of aliphatic hydroxyl groups excluding tert-OH is 1. The molecule has 0 saturated heterocycles. The summed E-state index contributed by atoms with van der Waals surface area (Å²) in [7, 11) is 0. The molecule has 1 saturated carbocycles. The summed E-state index contributed by atoms with van der Waals surface area (Å²) >= 11 is 0. The Morgan fingerprint density at radius 2 is 1.58 bits per heavy atom. The van der Waals surface area contributed by atoms with Gasteiger partial charge in [0.15, 0.2) is 0 Å². The third kappa shape index (κ3) is 4.13. The number of hydrogen-bond acceptors (Lipinski definition) is 2. The second-order valence-electron chi connectivity index (χ2n) is 5.12. The molecule has 2 rings (SSSR count). The molecule has 19 heavy (non-hydrogen) atoms. The van der Waals surface area contributed by atoms with Crippen LogP contribution in [0.5, 0.6) is 0 Å². The zero-order chi connectivity index (χ0) is 13.1. The van der Waals surface area contributed by atoms with Crippen molar-refractivity contribution in [3.05, 3.63) is 35.4 Å². The summed E-state index contributed by atoms with van der Waals surface area (Å²) in [4.78, 5) is 0. The van der Waals surface area contributed by atoms with Crippen molar-refractivity contribution in [2.75, 3.05) is 0 Å². The van der Waals surface area contributed by atoms with Gasteiger partial charge >= 0.3 is 0 Å². The average molecular weight is 292 g/mol. The quantitative estimate of drug-likeness (QED) is 0.897. The smallest absolute Gasteiger partial charge is 0.126 e. The average Bonchev–Trinajstić information content (AvgIpc) is 2.37. The lowest BCUT2D eigenvalue weighted by Crippen LogP contribution is -2.34. The first kappa shape index (κ1) is 16.3. The Kier molecular flexibility index (Phi) is 6.17.